The van der Waals surface area contributed by atoms with Crippen molar-refractivity contribution in [2.45, 2.75) is 77.5 Å². The Morgan fingerprint density at radius 1 is 1.02 bits per heavy atom. The molecular weight excluding hydrogens is 530 g/mol. The first-order valence-electron chi connectivity index (χ1n) is 15.5. The van der Waals surface area contributed by atoms with E-state index in [2.05, 4.69) is 58.5 Å². The van der Waals surface area contributed by atoms with Crippen molar-refractivity contribution >= 4 is 22.4 Å². The summed E-state index contributed by atoms with van der Waals surface area (Å²) in [6.07, 6.45) is 10.1. The zero-order chi connectivity index (χ0) is 27.9. The van der Waals surface area contributed by atoms with Gasteiger partial charge in [0.05, 0.1) is 11.6 Å². The number of piperidine rings is 1. The number of rotatable bonds is 7. The standard InChI is InChI=1S/C34H41N3O3S/c1-22-7-12-31(40-20-23-8-9-25-17-36(14-13-24(25)16-23)28-5-3-2-4-6-28)29(15-22)30-21-41-34(35-30)37-18-26-10-11-27(19-37)32(26)33(38)39/h7-9,12,15-16,21,26-28,32H,2-6,10-11,13-14,17-20H2,1H3,(H,38,39)/t26-,27+,32?. The van der Waals surface area contributed by atoms with Crippen LogP contribution in [0.1, 0.15) is 67.2 Å². The fourth-order valence-corrected chi connectivity index (χ4v) is 8.77. The van der Waals surface area contributed by atoms with Crippen LogP contribution in [-0.2, 0) is 24.4 Å². The fraction of sp³-hybridized carbons (Fsp3) is 0.529. The maximum Gasteiger partial charge on any atom is 0.307 e. The van der Waals surface area contributed by atoms with Gasteiger partial charge in [-0.2, -0.15) is 0 Å². The Bertz CT molecular complexity index is 1400. The summed E-state index contributed by atoms with van der Waals surface area (Å²) in [5.74, 6) is 0.492. The van der Waals surface area contributed by atoms with Crippen LogP contribution < -0.4 is 9.64 Å². The average molecular weight is 572 g/mol. The molecule has 0 spiro atoms. The second-order valence-corrected chi connectivity index (χ2v) is 13.6. The van der Waals surface area contributed by atoms with Crippen LogP contribution in [0.4, 0.5) is 5.13 Å². The molecule has 1 saturated heterocycles. The number of nitrogens with zero attached hydrogens (tertiary/aromatic N) is 3. The molecule has 0 amide bonds. The normalized spacial score (nSPS) is 24.8. The van der Waals surface area contributed by atoms with Gasteiger partial charge in [-0.3, -0.25) is 9.69 Å². The van der Waals surface area contributed by atoms with Crippen LogP contribution in [0.25, 0.3) is 11.3 Å². The highest BCUT2D eigenvalue weighted by Gasteiger charge is 2.46. The van der Waals surface area contributed by atoms with E-state index in [4.69, 9.17) is 9.72 Å². The minimum absolute atomic E-state index is 0.193. The highest BCUT2D eigenvalue weighted by Crippen LogP contribution is 2.44. The number of carboxylic acids is 1. The summed E-state index contributed by atoms with van der Waals surface area (Å²) in [4.78, 5) is 21.9. The number of hydrogen-bond acceptors (Lipinski definition) is 6. The van der Waals surface area contributed by atoms with Crippen LogP contribution in [0.2, 0.25) is 0 Å². The number of aryl methyl sites for hydroxylation is 1. The van der Waals surface area contributed by atoms with Gasteiger partial charge in [0.15, 0.2) is 5.13 Å². The van der Waals surface area contributed by atoms with Crippen LogP contribution in [0.3, 0.4) is 0 Å². The molecule has 2 bridgehead atoms. The largest absolute Gasteiger partial charge is 0.488 e. The molecule has 216 valence electrons. The molecule has 6 nitrogen and oxygen atoms in total. The Morgan fingerprint density at radius 3 is 2.61 bits per heavy atom. The first-order valence-corrected chi connectivity index (χ1v) is 16.4. The molecule has 41 heavy (non-hydrogen) atoms. The number of ether oxygens (including phenoxy) is 1. The topological polar surface area (TPSA) is 65.9 Å². The molecule has 2 saturated carbocycles. The van der Waals surface area contributed by atoms with Crippen molar-refractivity contribution in [1.29, 1.82) is 0 Å². The SMILES string of the molecule is Cc1ccc(OCc2ccc3c(c2)CCN(C2CCCCC2)C3)c(-c2csc(N3C[C@H]4CC[C@@H](C3)C4C(=O)O)n2)c1. The summed E-state index contributed by atoms with van der Waals surface area (Å²) in [6.45, 7) is 6.48. The molecule has 2 aromatic carbocycles. The quantitative estimate of drug-likeness (QED) is 0.332. The van der Waals surface area contributed by atoms with Crippen molar-refractivity contribution in [3.63, 3.8) is 0 Å². The van der Waals surface area contributed by atoms with Crippen LogP contribution in [0, 0.1) is 24.7 Å². The minimum Gasteiger partial charge on any atom is -0.488 e. The highest BCUT2D eigenvalue weighted by molar-refractivity contribution is 7.14. The van der Waals surface area contributed by atoms with Gasteiger partial charge < -0.3 is 14.7 Å². The second-order valence-electron chi connectivity index (χ2n) is 12.8. The van der Waals surface area contributed by atoms with E-state index >= 15 is 0 Å². The number of thiazole rings is 1. The number of fused-ring (bicyclic) bond motifs is 3. The minimum atomic E-state index is -0.626. The van der Waals surface area contributed by atoms with E-state index in [1.165, 1.54) is 60.9 Å². The lowest BCUT2D eigenvalue weighted by atomic mass is 9.85. The molecule has 1 N–H and O–H groups in total. The molecule has 1 aromatic heterocycles. The third kappa shape index (κ3) is 5.51. The van der Waals surface area contributed by atoms with Gasteiger partial charge in [0, 0.05) is 43.2 Å². The van der Waals surface area contributed by atoms with Gasteiger partial charge >= 0.3 is 5.97 Å². The molecule has 2 aliphatic heterocycles. The molecule has 3 atom stereocenters. The van der Waals surface area contributed by atoms with Gasteiger partial charge in [-0.25, -0.2) is 4.98 Å². The van der Waals surface area contributed by atoms with Gasteiger partial charge in [-0.1, -0.05) is 49.1 Å². The molecule has 1 unspecified atom stereocenters. The van der Waals surface area contributed by atoms with Crippen molar-refractivity contribution in [1.82, 2.24) is 9.88 Å². The molecule has 7 heteroatoms. The third-order valence-electron chi connectivity index (χ3n) is 10.1. The van der Waals surface area contributed by atoms with E-state index in [9.17, 15) is 9.90 Å². The van der Waals surface area contributed by atoms with Crippen LogP contribution in [-0.4, -0.2) is 46.6 Å². The first-order chi connectivity index (χ1) is 20.0. The van der Waals surface area contributed by atoms with Crippen molar-refractivity contribution in [3.8, 4) is 17.0 Å². The molecule has 2 aliphatic carbocycles. The lowest BCUT2D eigenvalue weighted by Crippen LogP contribution is -2.44. The average Bonchev–Trinajstić information content (AvgIpc) is 3.59. The number of hydrogen-bond donors (Lipinski definition) is 1. The molecule has 4 aliphatic rings. The number of carboxylic acid groups (broad SMARTS) is 1. The number of aromatic nitrogens is 1. The van der Waals surface area contributed by atoms with E-state index in [0.29, 0.717) is 6.61 Å². The predicted molar refractivity (Wildman–Crippen MR) is 164 cm³/mol. The fourth-order valence-electron chi connectivity index (χ4n) is 7.92. The molecule has 3 heterocycles. The summed E-state index contributed by atoms with van der Waals surface area (Å²) in [7, 11) is 0. The van der Waals surface area contributed by atoms with Gasteiger partial charge in [0.1, 0.15) is 12.4 Å². The maximum atomic E-state index is 11.8. The Balaban J connectivity index is 1.04. The van der Waals surface area contributed by atoms with Crippen LogP contribution in [0.15, 0.2) is 41.8 Å². The zero-order valence-electron chi connectivity index (χ0n) is 24.1. The molecular formula is C34H41N3O3S. The second kappa shape index (κ2) is 11.4. The molecule has 7 rings (SSSR count). The van der Waals surface area contributed by atoms with Crippen LogP contribution >= 0.6 is 11.3 Å². The predicted octanol–water partition coefficient (Wildman–Crippen LogP) is 6.94. The van der Waals surface area contributed by atoms with Gasteiger partial charge in [0.2, 0.25) is 0 Å². The van der Waals surface area contributed by atoms with E-state index in [0.717, 1.165) is 67.1 Å². The van der Waals surface area contributed by atoms with Crippen molar-refractivity contribution in [2.75, 3.05) is 24.5 Å². The number of anilines is 1. The Hall–Kier alpha value is -2.90. The van der Waals surface area contributed by atoms with Crippen molar-refractivity contribution in [3.05, 3.63) is 64.0 Å². The summed E-state index contributed by atoms with van der Waals surface area (Å²) in [5, 5.41) is 12.8. The van der Waals surface area contributed by atoms with E-state index in [1.807, 2.05) is 0 Å². The van der Waals surface area contributed by atoms with Gasteiger partial charge in [0.25, 0.3) is 0 Å². The lowest BCUT2D eigenvalue weighted by molar-refractivity contribution is -0.144. The Labute approximate surface area is 247 Å². The smallest absolute Gasteiger partial charge is 0.307 e. The van der Waals surface area contributed by atoms with E-state index in [-0.39, 0.29) is 17.8 Å². The highest BCUT2D eigenvalue weighted by atomic mass is 32.1. The number of benzene rings is 2. The zero-order valence-corrected chi connectivity index (χ0v) is 24.9. The van der Waals surface area contributed by atoms with E-state index < -0.39 is 5.97 Å². The van der Waals surface area contributed by atoms with Crippen molar-refractivity contribution in [2.24, 2.45) is 17.8 Å². The summed E-state index contributed by atoms with van der Waals surface area (Å²) in [6, 6.07) is 14.0. The Kier molecular flexibility index (Phi) is 7.50. The monoisotopic (exact) mass is 571 g/mol. The van der Waals surface area contributed by atoms with Gasteiger partial charge in [-0.05, 0) is 79.7 Å². The molecule has 3 fully saturated rings. The lowest BCUT2D eigenvalue weighted by Gasteiger charge is -2.37. The summed E-state index contributed by atoms with van der Waals surface area (Å²) < 4.78 is 6.45. The van der Waals surface area contributed by atoms with Crippen LogP contribution in [0.5, 0.6) is 5.75 Å². The molecule has 3 aromatic rings. The number of carbonyl (C=O) groups is 1. The Morgan fingerprint density at radius 2 is 1.83 bits per heavy atom. The molecule has 0 radical (unpaired) electrons. The van der Waals surface area contributed by atoms with Gasteiger partial charge in [-0.15, -0.1) is 11.3 Å². The summed E-state index contributed by atoms with van der Waals surface area (Å²) in [5.41, 5.74) is 7.32. The summed E-state index contributed by atoms with van der Waals surface area (Å²) >= 11 is 1.66. The number of aliphatic carboxylic acids is 1. The first kappa shape index (κ1) is 27.0. The van der Waals surface area contributed by atoms with E-state index in [1.54, 1.807) is 11.3 Å². The maximum absolute atomic E-state index is 11.8. The van der Waals surface area contributed by atoms with Crippen molar-refractivity contribution < 1.29 is 14.6 Å². The third-order valence-corrected chi connectivity index (χ3v) is 11.0.